The number of hydrogen-bond acceptors (Lipinski definition) is 6. The molecular weight excluding hydrogens is 420 g/mol. The molecule has 1 aromatic rings. The topological polar surface area (TPSA) is 123 Å². The maximum atomic E-state index is 12.6. The van der Waals surface area contributed by atoms with E-state index >= 15 is 0 Å². The highest BCUT2D eigenvalue weighted by molar-refractivity contribution is 7.10. The molecule has 31 heavy (non-hydrogen) atoms. The number of rotatable bonds is 4. The molecule has 1 aromatic heterocycles. The van der Waals surface area contributed by atoms with E-state index in [-0.39, 0.29) is 18.3 Å². The number of nitrogens with one attached hydrogen (secondary N) is 1. The van der Waals surface area contributed by atoms with E-state index in [1.54, 1.807) is 65.1 Å². The van der Waals surface area contributed by atoms with Crippen LogP contribution in [0.25, 0.3) is 0 Å². The van der Waals surface area contributed by atoms with Gasteiger partial charge in [-0.25, -0.2) is 9.59 Å². The van der Waals surface area contributed by atoms with Gasteiger partial charge in [-0.3, -0.25) is 9.69 Å². The second-order valence-corrected chi connectivity index (χ2v) is 10.00. The van der Waals surface area contributed by atoms with E-state index in [0.29, 0.717) is 12.1 Å². The number of ether oxygens (including phenoxy) is 2. The third-order valence-corrected chi connectivity index (χ3v) is 4.78. The lowest BCUT2D eigenvalue weighted by Crippen LogP contribution is -2.47. The molecule has 1 atom stereocenters. The summed E-state index contributed by atoms with van der Waals surface area (Å²) in [6.07, 6.45) is 2.12. The monoisotopic (exact) mass is 450 g/mol. The Bertz CT molecular complexity index is 892. The van der Waals surface area contributed by atoms with Gasteiger partial charge in [-0.05, 0) is 47.6 Å². The fourth-order valence-corrected chi connectivity index (χ4v) is 3.41. The zero-order valence-electron chi connectivity index (χ0n) is 18.7. The molecule has 0 fully saturated rings. The fourth-order valence-electron chi connectivity index (χ4n) is 2.59. The molecule has 0 aromatic carbocycles. The minimum Gasteiger partial charge on any atom is -0.444 e. The first-order chi connectivity index (χ1) is 14.2. The Hall–Kier alpha value is -2.88. The molecule has 0 unspecified atom stereocenters. The van der Waals surface area contributed by atoms with Crippen molar-refractivity contribution >= 4 is 35.3 Å². The number of amidine groups is 1. The van der Waals surface area contributed by atoms with E-state index in [2.05, 4.69) is 10.3 Å². The van der Waals surface area contributed by atoms with Crippen molar-refractivity contribution in [1.29, 1.82) is 0 Å². The van der Waals surface area contributed by atoms with Crippen LogP contribution in [0.15, 0.2) is 28.6 Å². The summed E-state index contributed by atoms with van der Waals surface area (Å²) in [5.41, 5.74) is 5.15. The summed E-state index contributed by atoms with van der Waals surface area (Å²) in [7, 11) is 0. The molecule has 10 heteroatoms. The van der Waals surface area contributed by atoms with Crippen LogP contribution in [-0.4, -0.2) is 52.6 Å². The summed E-state index contributed by atoms with van der Waals surface area (Å²) in [6, 6.07) is 1.01. The van der Waals surface area contributed by atoms with Crippen molar-refractivity contribution in [3.63, 3.8) is 0 Å². The van der Waals surface area contributed by atoms with E-state index in [1.165, 1.54) is 16.2 Å². The Kier molecular flexibility index (Phi) is 7.48. The highest BCUT2D eigenvalue weighted by Crippen LogP contribution is 2.18. The van der Waals surface area contributed by atoms with Gasteiger partial charge in [0.15, 0.2) is 0 Å². The molecule has 2 heterocycles. The zero-order valence-corrected chi connectivity index (χ0v) is 19.5. The first-order valence-corrected chi connectivity index (χ1v) is 10.7. The largest absolute Gasteiger partial charge is 0.444 e. The highest BCUT2D eigenvalue weighted by Gasteiger charge is 2.33. The lowest BCUT2D eigenvalue weighted by atomic mass is 10.2. The molecule has 0 radical (unpaired) electrons. The number of nitrogens with two attached hydrogens (primary N) is 1. The number of carbonyl (C=O) groups excluding carboxylic acids is 3. The van der Waals surface area contributed by atoms with E-state index in [4.69, 9.17) is 15.2 Å². The Morgan fingerprint density at radius 1 is 1.19 bits per heavy atom. The van der Waals surface area contributed by atoms with Gasteiger partial charge < -0.3 is 20.5 Å². The Morgan fingerprint density at radius 3 is 2.45 bits per heavy atom. The lowest BCUT2D eigenvalue weighted by molar-refractivity contribution is -0.124. The predicted octanol–water partition coefficient (Wildman–Crippen LogP) is 3.18. The molecule has 3 N–H and O–H groups in total. The predicted molar refractivity (Wildman–Crippen MR) is 119 cm³/mol. The van der Waals surface area contributed by atoms with Crippen LogP contribution in [0.2, 0.25) is 0 Å². The van der Waals surface area contributed by atoms with Crippen LogP contribution in [0.4, 0.5) is 9.59 Å². The van der Waals surface area contributed by atoms with Gasteiger partial charge in [0.1, 0.15) is 23.1 Å². The van der Waals surface area contributed by atoms with Crippen LogP contribution in [0.3, 0.4) is 0 Å². The van der Waals surface area contributed by atoms with Gasteiger partial charge in [-0.2, -0.15) is 4.99 Å². The number of thiophene rings is 1. The Balaban J connectivity index is 1.94. The first kappa shape index (κ1) is 24.4. The van der Waals surface area contributed by atoms with Crippen LogP contribution in [-0.2, 0) is 20.8 Å². The molecular formula is C21H30N4O5S. The van der Waals surface area contributed by atoms with Crippen LogP contribution >= 0.6 is 11.3 Å². The minimum absolute atomic E-state index is 0.0397. The highest BCUT2D eigenvalue weighted by atomic mass is 32.1. The normalized spacial score (nSPS) is 16.9. The average Bonchev–Trinajstić information content (AvgIpc) is 3.26. The quantitative estimate of drug-likeness (QED) is 0.413. The van der Waals surface area contributed by atoms with E-state index in [0.717, 1.165) is 4.88 Å². The summed E-state index contributed by atoms with van der Waals surface area (Å²) in [5, 5.41) is 4.55. The maximum absolute atomic E-state index is 12.6. The van der Waals surface area contributed by atoms with Crippen molar-refractivity contribution < 1.29 is 23.9 Å². The Morgan fingerprint density at radius 2 is 1.84 bits per heavy atom. The molecule has 0 spiro atoms. The second kappa shape index (κ2) is 9.51. The van der Waals surface area contributed by atoms with Crippen LogP contribution in [0.5, 0.6) is 0 Å². The molecule has 170 valence electrons. The van der Waals surface area contributed by atoms with Crippen molar-refractivity contribution in [3.8, 4) is 0 Å². The molecule has 3 amide bonds. The number of amides is 3. The standard InChI is InChI=1S/C21H30N4O5S/c1-20(2,3)29-18(27)24-16(22)13-10-14(31-12-13)11-23-17(26)15-8-7-9-25(15)19(28)30-21(4,5)6/h7-8,10,12,15H,9,11H2,1-6H3,(H,23,26)(H2,22,24,27)/t15-/m0/s1. The summed E-state index contributed by atoms with van der Waals surface area (Å²) in [5.74, 6) is -0.275. The third kappa shape index (κ3) is 7.71. The maximum Gasteiger partial charge on any atom is 0.436 e. The Labute approximate surface area is 186 Å². The molecule has 1 aliphatic rings. The molecule has 1 aliphatic heterocycles. The summed E-state index contributed by atoms with van der Waals surface area (Å²) < 4.78 is 10.5. The summed E-state index contributed by atoms with van der Waals surface area (Å²) in [6.45, 7) is 11.1. The van der Waals surface area contributed by atoms with Crippen LogP contribution in [0, 0.1) is 0 Å². The van der Waals surface area contributed by atoms with Gasteiger partial charge in [-0.1, -0.05) is 12.2 Å². The van der Waals surface area contributed by atoms with Crippen molar-refractivity contribution in [3.05, 3.63) is 34.0 Å². The van der Waals surface area contributed by atoms with E-state index < -0.39 is 29.4 Å². The fraction of sp³-hybridized carbons (Fsp3) is 0.524. The number of carbonyl (C=O) groups is 3. The van der Waals surface area contributed by atoms with Gasteiger partial charge >= 0.3 is 12.2 Å². The van der Waals surface area contributed by atoms with Crippen molar-refractivity contribution in [2.45, 2.75) is 65.3 Å². The van der Waals surface area contributed by atoms with E-state index in [1.807, 2.05) is 0 Å². The van der Waals surface area contributed by atoms with Gasteiger partial charge in [0.05, 0.1) is 6.54 Å². The van der Waals surface area contributed by atoms with Crippen molar-refractivity contribution in [2.75, 3.05) is 6.54 Å². The van der Waals surface area contributed by atoms with Gasteiger partial charge in [0.2, 0.25) is 5.91 Å². The molecule has 0 saturated heterocycles. The minimum atomic E-state index is -0.763. The molecule has 9 nitrogen and oxygen atoms in total. The number of nitrogens with zero attached hydrogens (tertiary/aromatic N) is 2. The second-order valence-electron chi connectivity index (χ2n) is 9.00. The SMILES string of the molecule is CC(C)(C)OC(=O)/N=C(\N)c1csc(CNC(=O)[C@@H]2C=CCN2C(=O)OC(C)(C)C)c1. The van der Waals surface area contributed by atoms with Gasteiger partial charge in [0.25, 0.3) is 0 Å². The number of hydrogen-bond donors (Lipinski definition) is 2. The molecule has 0 saturated carbocycles. The molecule has 0 aliphatic carbocycles. The van der Waals surface area contributed by atoms with Crippen molar-refractivity contribution in [2.24, 2.45) is 10.7 Å². The van der Waals surface area contributed by atoms with Gasteiger partial charge in [-0.15, -0.1) is 11.3 Å². The lowest BCUT2D eigenvalue weighted by Gasteiger charge is -2.27. The zero-order chi connectivity index (χ0) is 23.4. The van der Waals surface area contributed by atoms with Gasteiger partial charge in [0, 0.05) is 22.4 Å². The smallest absolute Gasteiger partial charge is 0.436 e. The van der Waals surface area contributed by atoms with Crippen LogP contribution in [0.1, 0.15) is 52.0 Å². The van der Waals surface area contributed by atoms with Crippen molar-refractivity contribution in [1.82, 2.24) is 10.2 Å². The molecule has 2 rings (SSSR count). The average molecular weight is 451 g/mol. The number of aliphatic imine (C=N–C) groups is 1. The van der Waals surface area contributed by atoms with Crippen LogP contribution < -0.4 is 11.1 Å². The van der Waals surface area contributed by atoms with E-state index in [9.17, 15) is 14.4 Å². The first-order valence-electron chi connectivity index (χ1n) is 9.84. The summed E-state index contributed by atoms with van der Waals surface area (Å²) >= 11 is 1.37. The molecule has 0 bridgehead atoms. The summed E-state index contributed by atoms with van der Waals surface area (Å²) in [4.78, 5) is 42.6. The third-order valence-electron chi connectivity index (χ3n) is 3.84.